The van der Waals surface area contributed by atoms with Gasteiger partial charge in [-0.05, 0) is 18.4 Å². The third kappa shape index (κ3) is 5.72. The Labute approximate surface area is 124 Å². The Bertz CT molecular complexity index is 505. The number of esters is 1. The number of hydrogen-bond donors (Lipinski definition) is 2. The van der Waals surface area contributed by atoms with Crippen molar-refractivity contribution in [1.29, 1.82) is 0 Å². The number of alkyl halides is 3. The number of carbonyl (C=O) groups excluding carboxylic acids is 1. The Hall–Kier alpha value is -2.09. The lowest BCUT2D eigenvalue weighted by molar-refractivity contribution is -0.192. The lowest BCUT2D eigenvalue weighted by Gasteiger charge is -2.31. The first-order chi connectivity index (χ1) is 10.2. The summed E-state index contributed by atoms with van der Waals surface area (Å²) in [6.45, 7) is 0.350. The summed E-state index contributed by atoms with van der Waals surface area (Å²) in [5.74, 6) is -2.99. The van der Waals surface area contributed by atoms with Crippen LogP contribution in [-0.4, -0.2) is 29.3 Å². The first-order valence-corrected chi connectivity index (χ1v) is 6.48. The molecule has 2 atom stereocenters. The Kier molecular flexibility index (Phi) is 6.36. The molecule has 0 spiro atoms. The van der Waals surface area contributed by atoms with E-state index in [4.69, 9.17) is 20.4 Å². The van der Waals surface area contributed by atoms with Crippen LogP contribution in [0.1, 0.15) is 18.4 Å². The fourth-order valence-corrected chi connectivity index (χ4v) is 1.65. The van der Waals surface area contributed by atoms with Crippen LogP contribution in [0.5, 0.6) is 0 Å². The van der Waals surface area contributed by atoms with Gasteiger partial charge in [-0.25, -0.2) is 4.79 Å². The Balaban J connectivity index is 0.000000295. The van der Waals surface area contributed by atoms with Crippen LogP contribution in [0.3, 0.4) is 0 Å². The van der Waals surface area contributed by atoms with Crippen LogP contribution in [0.2, 0.25) is 0 Å². The Morgan fingerprint density at radius 3 is 2.14 bits per heavy atom. The summed E-state index contributed by atoms with van der Waals surface area (Å²) in [7, 11) is 0. The number of carbonyl (C=O) groups is 2. The molecule has 0 aliphatic heterocycles. The minimum atomic E-state index is -5.08. The summed E-state index contributed by atoms with van der Waals surface area (Å²) in [6.07, 6.45) is -3.28. The van der Waals surface area contributed by atoms with Gasteiger partial charge in [-0.3, -0.25) is 4.79 Å². The number of rotatable bonds is 3. The van der Waals surface area contributed by atoms with Crippen molar-refractivity contribution in [1.82, 2.24) is 0 Å². The molecular formula is C14H16F3NO4. The van der Waals surface area contributed by atoms with E-state index in [2.05, 4.69) is 0 Å². The molecule has 0 saturated heterocycles. The molecule has 1 aromatic carbocycles. The first-order valence-electron chi connectivity index (χ1n) is 6.48. The van der Waals surface area contributed by atoms with E-state index in [1.807, 2.05) is 30.3 Å². The topological polar surface area (TPSA) is 89.6 Å². The molecule has 1 aliphatic rings. The highest BCUT2D eigenvalue weighted by Crippen LogP contribution is 2.26. The zero-order valence-electron chi connectivity index (χ0n) is 11.5. The molecule has 0 amide bonds. The number of halogens is 3. The molecule has 3 N–H and O–H groups in total. The standard InChI is InChI=1S/C12H15NO2.C2HF3O2/c13-11-7-6-10(11)12(14)15-8-9-4-2-1-3-5-9;3-2(4,5)1(6)7/h1-5,10-11H,6-8,13H2;(H,6,7)/t10-,11+;/m1./s1. The van der Waals surface area contributed by atoms with E-state index in [0.29, 0.717) is 6.61 Å². The van der Waals surface area contributed by atoms with Crippen molar-refractivity contribution in [2.45, 2.75) is 31.7 Å². The molecule has 122 valence electrons. The predicted molar refractivity (Wildman–Crippen MR) is 70.6 cm³/mol. The molecule has 1 fully saturated rings. The molecule has 1 saturated carbocycles. The lowest BCUT2D eigenvalue weighted by Crippen LogP contribution is -2.44. The minimum Gasteiger partial charge on any atom is -0.475 e. The first kappa shape index (κ1) is 18.0. The van der Waals surface area contributed by atoms with Gasteiger partial charge < -0.3 is 15.6 Å². The van der Waals surface area contributed by atoms with Crippen LogP contribution in [0.25, 0.3) is 0 Å². The lowest BCUT2D eigenvalue weighted by atomic mass is 9.80. The van der Waals surface area contributed by atoms with Crippen LogP contribution < -0.4 is 5.73 Å². The number of aliphatic carboxylic acids is 1. The van der Waals surface area contributed by atoms with Gasteiger partial charge in [-0.1, -0.05) is 30.3 Å². The second-order valence-electron chi connectivity index (χ2n) is 4.74. The zero-order valence-corrected chi connectivity index (χ0v) is 11.5. The van der Waals surface area contributed by atoms with Gasteiger partial charge in [0.15, 0.2) is 0 Å². The monoisotopic (exact) mass is 319 g/mol. The smallest absolute Gasteiger partial charge is 0.475 e. The molecule has 0 bridgehead atoms. The molecule has 22 heavy (non-hydrogen) atoms. The summed E-state index contributed by atoms with van der Waals surface area (Å²) >= 11 is 0. The van der Waals surface area contributed by atoms with Gasteiger partial charge in [0.25, 0.3) is 0 Å². The molecule has 0 aromatic heterocycles. The average molecular weight is 319 g/mol. The van der Waals surface area contributed by atoms with Gasteiger partial charge in [-0.2, -0.15) is 13.2 Å². The number of ether oxygens (including phenoxy) is 1. The molecule has 2 rings (SSSR count). The average Bonchev–Trinajstić information content (AvgIpc) is 2.44. The SMILES string of the molecule is N[C@H]1CC[C@H]1C(=O)OCc1ccccc1.O=C(O)C(F)(F)F. The highest BCUT2D eigenvalue weighted by atomic mass is 19.4. The second-order valence-corrected chi connectivity index (χ2v) is 4.74. The van der Waals surface area contributed by atoms with E-state index in [9.17, 15) is 18.0 Å². The van der Waals surface area contributed by atoms with E-state index >= 15 is 0 Å². The number of benzene rings is 1. The van der Waals surface area contributed by atoms with Gasteiger partial charge in [-0.15, -0.1) is 0 Å². The van der Waals surface area contributed by atoms with Gasteiger partial charge in [0, 0.05) is 6.04 Å². The van der Waals surface area contributed by atoms with E-state index in [0.717, 1.165) is 18.4 Å². The summed E-state index contributed by atoms with van der Waals surface area (Å²) in [5.41, 5.74) is 6.70. The summed E-state index contributed by atoms with van der Waals surface area (Å²) in [6, 6.07) is 9.68. The largest absolute Gasteiger partial charge is 0.490 e. The quantitative estimate of drug-likeness (QED) is 0.833. The number of hydrogen-bond acceptors (Lipinski definition) is 4. The summed E-state index contributed by atoms with van der Waals surface area (Å²) < 4.78 is 36.9. The maximum absolute atomic E-state index is 11.5. The molecule has 8 heteroatoms. The summed E-state index contributed by atoms with van der Waals surface area (Å²) in [4.78, 5) is 20.4. The minimum absolute atomic E-state index is 0.00766. The zero-order chi connectivity index (χ0) is 16.8. The van der Waals surface area contributed by atoms with Crippen molar-refractivity contribution in [3.05, 3.63) is 35.9 Å². The fraction of sp³-hybridized carbons (Fsp3) is 0.429. The van der Waals surface area contributed by atoms with Crippen LogP contribution in [0, 0.1) is 5.92 Å². The van der Waals surface area contributed by atoms with Crippen molar-refractivity contribution < 1.29 is 32.6 Å². The predicted octanol–water partition coefficient (Wildman–Crippen LogP) is 2.10. The highest BCUT2D eigenvalue weighted by Gasteiger charge is 2.38. The van der Waals surface area contributed by atoms with Gasteiger partial charge in [0.1, 0.15) is 6.61 Å². The van der Waals surface area contributed by atoms with Crippen LogP contribution in [0.15, 0.2) is 30.3 Å². The maximum atomic E-state index is 11.5. The normalized spacial score (nSPS) is 20.2. The van der Waals surface area contributed by atoms with Crippen molar-refractivity contribution in [2.75, 3.05) is 0 Å². The molecule has 0 radical (unpaired) electrons. The van der Waals surface area contributed by atoms with Crippen molar-refractivity contribution in [2.24, 2.45) is 11.7 Å². The molecule has 5 nitrogen and oxygen atoms in total. The number of nitrogens with two attached hydrogens (primary N) is 1. The number of carboxylic acid groups (broad SMARTS) is 1. The molecule has 1 aromatic rings. The van der Waals surface area contributed by atoms with E-state index in [1.165, 1.54) is 0 Å². The van der Waals surface area contributed by atoms with Crippen molar-refractivity contribution in [3.63, 3.8) is 0 Å². The van der Waals surface area contributed by atoms with Crippen LogP contribution in [-0.2, 0) is 20.9 Å². The third-order valence-corrected chi connectivity index (χ3v) is 3.10. The van der Waals surface area contributed by atoms with Gasteiger partial charge in [0.2, 0.25) is 0 Å². The third-order valence-electron chi connectivity index (χ3n) is 3.10. The fourth-order valence-electron chi connectivity index (χ4n) is 1.65. The van der Waals surface area contributed by atoms with Crippen LogP contribution in [0.4, 0.5) is 13.2 Å². The maximum Gasteiger partial charge on any atom is 0.490 e. The van der Waals surface area contributed by atoms with E-state index in [-0.39, 0.29) is 17.9 Å². The molecule has 0 unspecified atom stereocenters. The van der Waals surface area contributed by atoms with Crippen molar-refractivity contribution in [3.8, 4) is 0 Å². The van der Waals surface area contributed by atoms with Gasteiger partial charge >= 0.3 is 18.1 Å². The molecule has 1 aliphatic carbocycles. The van der Waals surface area contributed by atoms with Gasteiger partial charge in [0.05, 0.1) is 5.92 Å². The van der Waals surface area contributed by atoms with Crippen molar-refractivity contribution >= 4 is 11.9 Å². The van der Waals surface area contributed by atoms with E-state index < -0.39 is 12.1 Å². The Morgan fingerprint density at radius 1 is 1.23 bits per heavy atom. The Morgan fingerprint density at radius 2 is 1.77 bits per heavy atom. The molecule has 0 heterocycles. The highest BCUT2D eigenvalue weighted by molar-refractivity contribution is 5.74. The molecular weight excluding hydrogens is 303 g/mol. The number of carboxylic acids is 1. The van der Waals surface area contributed by atoms with Crippen LogP contribution >= 0.6 is 0 Å². The van der Waals surface area contributed by atoms with E-state index in [1.54, 1.807) is 0 Å². The second kappa shape index (κ2) is 7.79. The summed E-state index contributed by atoms with van der Waals surface area (Å²) in [5, 5.41) is 7.12.